The van der Waals surface area contributed by atoms with Gasteiger partial charge in [-0.1, -0.05) is 13.8 Å². The van der Waals surface area contributed by atoms with E-state index in [4.69, 9.17) is 9.79 Å². The van der Waals surface area contributed by atoms with Gasteiger partial charge in [0.15, 0.2) is 5.78 Å². The maximum absolute atomic E-state index is 11.6. The molecule has 2 N–H and O–H groups in total. The number of benzene rings is 1. The number of allylic oxidation sites excluding steroid dienone is 4. The summed E-state index contributed by atoms with van der Waals surface area (Å²) >= 11 is 0. The number of phosphoric ester groups is 1. The SMILES string of the molecule is CC1(C)C2=CC(=O)C=CC2=Nc2ccc(OP(=O)(O)O)cc21. The Morgan fingerprint density at radius 1 is 1.23 bits per heavy atom. The Bertz CT molecular complexity index is 813. The summed E-state index contributed by atoms with van der Waals surface area (Å²) in [6, 6.07) is 4.67. The first kappa shape index (κ1) is 14.9. The van der Waals surface area contributed by atoms with Crippen LogP contribution in [0.1, 0.15) is 19.4 Å². The number of aliphatic imine (C=N–C) groups is 1. The zero-order valence-electron chi connectivity index (χ0n) is 12.0. The van der Waals surface area contributed by atoms with Crippen LogP contribution >= 0.6 is 7.82 Å². The van der Waals surface area contributed by atoms with Crippen molar-refractivity contribution in [3.8, 4) is 5.75 Å². The summed E-state index contributed by atoms with van der Waals surface area (Å²) in [4.78, 5) is 34.0. The van der Waals surface area contributed by atoms with Crippen LogP contribution in [0.4, 0.5) is 5.69 Å². The second kappa shape index (κ2) is 4.74. The van der Waals surface area contributed by atoms with Gasteiger partial charge in [0.05, 0.1) is 11.4 Å². The molecule has 7 heteroatoms. The third-order valence-corrected chi connectivity index (χ3v) is 4.20. The minimum Gasteiger partial charge on any atom is -0.404 e. The summed E-state index contributed by atoms with van der Waals surface area (Å²) in [7, 11) is -4.62. The Hall–Kier alpha value is -2.01. The van der Waals surface area contributed by atoms with Crippen molar-refractivity contribution in [1.82, 2.24) is 0 Å². The number of nitrogens with zero attached hydrogens (tertiary/aromatic N) is 1. The third-order valence-electron chi connectivity index (χ3n) is 3.75. The smallest absolute Gasteiger partial charge is 0.404 e. The maximum Gasteiger partial charge on any atom is 0.524 e. The van der Waals surface area contributed by atoms with Crippen molar-refractivity contribution in [1.29, 1.82) is 0 Å². The van der Waals surface area contributed by atoms with Crippen LogP contribution < -0.4 is 4.52 Å². The molecule has 0 unspecified atom stereocenters. The van der Waals surface area contributed by atoms with E-state index in [1.165, 1.54) is 18.2 Å². The average Bonchev–Trinajstić information content (AvgIpc) is 2.39. The Labute approximate surface area is 127 Å². The van der Waals surface area contributed by atoms with Crippen molar-refractivity contribution in [2.24, 2.45) is 4.99 Å². The van der Waals surface area contributed by atoms with Crippen molar-refractivity contribution in [2.75, 3.05) is 0 Å². The van der Waals surface area contributed by atoms with Crippen LogP contribution in [0.5, 0.6) is 5.75 Å². The lowest BCUT2D eigenvalue weighted by Crippen LogP contribution is -2.30. The van der Waals surface area contributed by atoms with Gasteiger partial charge in [0, 0.05) is 5.41 Å². The van der Waals surface area contributed by atoms with E-state index in [0.29, 0.717) is 5.69 Å². The second-order valence-electron chi connectivity index (χ2n) is 5.68. The Morgan fingerprint density at radius 2 is 1.95 bits per heavy atom. The average molecular weight is 319 g/mol. The largest absolute Gasteiger partial charge is 0.524 e. The molecule has 0 bridgehead atoms. The molecule has 0 saturated carbocycles. The highest BCUT2D eigenvalue weighted by atomic mass is 31.2. The van der Waals surface area contributed by atoms with Crippen molar-refractivity contribution in [3.63, 3.8) is 0 Å². The molecule has 1 aromatic rings. The van der Waals surface area contributed by atoms with E-state index in [1.807, 2.05) is 13.8 Å². The quantitative estimate of drug-likeness (QED) is 0.645. The molecule has 22 heavy (non-hydrogen) atoms. The molecule has 0 radical (unpaired) electrons. The number of carbonyl (C=O) groups excluding carboxylic acids is 1. The molecular weight excluding hydrogens is 305 g/mol. The summed E-state index contributed by atoms with van der Waals surface area (Å²) in [6.45, 7) is 3.86. The van der Waals surface area contributed by atoms with E-state index in [0.717, 1.165) is 16.8 Å². The standard InChI is InChI=1S/C15H14NO5P/c1-15(2)11-7-9(17)3-5-13(11)16-14-6-4-10(8-12(14)15)21-22(18,19)20/h3-8H,1-2H3,(H2,18,19,20). The summed E-state index contributed by atoms with van der Waals surface area (Å²) in [5.41, 5.74) is 2.41. The molecule has 0 atom stereocenters. The first-order valence-corrected chi connectivity index (χ1v) is 8.13. The highest BCUT2D eigenvalue weighted by Gasteiger charge is 2.36. The van der Waals surface area contributed by atoms with Crippen LogP contribution in [0.15, 0.2) is 47.0 Å². The fraction of sp³-hybridized carbons (Fsp3) is 0.200. The van der Waals surface area contributed by atoms with Crippen molar-refractivity contribution >= 4 is 25.0 Å². The molecule has 0 fully saturated rings. The molecule has 0 spiro atoms. The van der Waals surface area contributed by atoms with E-state index in [-0.39, 0.29) is 11.5 Å². The monoisotopic (exact) mass is 319 g/mol. The van der Waals surface area contributed by atoms with Crippen molar-refractivity contribution in [3.05, 3.63) is 47.6 Å². The van der Waals surface area contributed by atoms with E-state index in [9.17, 15) is 9.36 Å². The summed E-state index contributed by atoms with van der Waals surface area (Å²) in [5, 5.41) is 0. The number of phosphoric acid groups is 1. The van der Waals surface area contributed by atoms with Gasteiger partial charge in [0.2, 0.25) is 0 Å². The van der Waals surface area contributed by atoms with Gasteiger partial charge in [-0.15, -0.1) is 0 Å². The van der Waals surface area contributed by atoms with Crippen LogP contribution in [-0.4, -0.2) is 21.3 Å². The van der Waals surface area contributed by atoms with Gasteiger partial charge in [-0.25, -0.2) is 9.56 Å². The number of ketones is 1. The highest BCUT2D eigenvalue weighted by Crippen LogP contribution is 2.46. The Balaban J connectivity index is 2.14. The van der Waals surface area contributed by atoms with Crippen LogP contribution in [0.25, 0.3) is 0 Å². The first-order valence-electron chi connectivity index (χ1n) is 6.60. The number of rotatable bonds is 2. The minimum atomic E-state index is -4.62. The lowest BCUT2D eigenvalue weighted by Gasteiger charge is -2.34. The van der Waals surface area contributed by atoms with Gasteiger partial charge in [0.25, 0.3) is 0 Å². The van der Waals surface area contributed by atoms with Gasteiger partial charge in [-0.2, -0.15) is 0 Å². The minimum absolute atomic E-state index is 0.0667. The zero-order valence-corrected chi connectivity index (χ0v) is 12.9. The Morgan fingerprint density at radius 3 is 2.64 bits per heavy atom. The molecule has 0 amide bonds. The molecule has 1 heterocycles. The predicted octanol–water partition coefficient (Wildman–Crippen LogP) is 2.59. The lowest BCUT2D eigenvalue weighted by atomic mass is 9.71. The number of hydrogen-bond acceptors (Lipinski definition) is 4. The van der Waals surface area contributed by atoms with Gasteiger partial charge in [0.1, 0.15) is 5.75 Å². The summed E-state index contributed by atoms with van der Waals surface area (Å²) in [6.07, 6.45) is 4.69. The molecule has 114 valence electrons. The Kier molecular flexibility index (Phi) is 3.22. The first-order chi connectivity index (χ1) is 10.2. The summed E-state index contributed by atoms with van der Waals surface area (Å²) < 4.78 is 15.6. The third kappa shape index (κ3) is 2.57. The van der Waals surface area contributed by atoms with E-state index >= 15 is 0 Å². The molecule has 1 aliphatic carbocycles. The molecule has 2 aliphatic rings. The lowest BCUT2D eigenvalue weighted by molar-refractivity contribution is -0.110. The molecule has 1 aromatic carbocycles. The number of carbonyl (C=O) groups is 1. The zero-order chi connectivity index (χ0) is 16.1. The summed E-state index contributed by atoms with van der Waals surface area (Å²) in [5.74, 6) is -0.0369. The number of hydrogen-bond donors (Lipinski definition) is 2. The highest BCUT2D eigenvalue weighted by molar-refractivity contribution is 7.46. The van der Waals surface area contributed by atoms with E-state index in [2.05, 4.69) is 9.52 Å². The molecule has 0 saturated heterocycles. The van der Waals surface area contributed by atoms with Crippen molar-refractivity contribution in [2.45, 2.75) is 19.3 Å². The fourth-order valence-electron chi connectivity index (χ4n) is 2.70. The molecule has 3 rings (SSSR count). The van der Waals surface area contributed by atoms with Crippen LogP contribution in [-0.2, 0) is 14.8 Å². The number of fused-ring (bicyclic) bond motifs is 2. The van der Waals surface area contributed by atoms with Gasteiger partial charge < -0.3 is 4.52 Å². The topological polar surface area (TPSA) is 96.2 Å². The molecule has 6 nitrogen and oxygen atoms in total. The normalized spacial score (nSPS) is 19.0. The van der Waals surface area contributed by atoms with Crippen LogP contribution in [0.3, 0.4) is 0 Å². The molecule has 0 aromatic heterocycles. The van der Waals surface area contributed by atoms with Gasteiger partial charge in [-0.3, -0.25) is 14.6 Å². The molecule has 1 aliphatic heterocycles. The van der Waals surface area contributed by atoms with Crippen LogP contribution in [0.2, 0.25) is 0 Å². The molecular formula is C15H14NO5P. The van der Waals surface area contributed by atoms with E-state index in [1.54, 1.807) is 18.2 Å². The van der Waals surface area contributed by atoms with E-state index < -0.39 is 13.2 Å². The van der Waals surface area contributed by atoms with Gasteiger partial charge in [-0.05, 0) is 47.6 Å². The fourth-order valence-corrected chi connectivity index (χ4v) is 3.08. The van der Waals surface area contributed by atoms with Crippen LogP contribution in [0, 0.1) is 0 Å². The maximum atomic E-state index is 11.6. The van der Waals surface area contributed by atoms with Crippen molar-refractivity contribution < 1.29 is 23.7 Å². The second-order valence-corrected chi connectivity index (χ2v) is 6.84. The predicted molar refractivity (Wildman–Crippen MR) is 81.5 cm³/mol. The van der Waals surface area contributed by atoms with Gasteiger partial charge >= 0.3 is 7.82 Å².